The van der Waals surface area contributed by atoms with Crippen molar-refractivity contribution in [3.63, 3.8) is 0 Å². The molecule has 6 nitrogen and oxygen atoms in total. The van der Waals surface area contributed by atoms with E-state index >= 15 is 0 Å². The summed E-state index contributed by atoms with van der Waals surface area (Å²) in [7, 11) is -3.48. The first kappa shape index (κ1) is 18.5. The van der Waals surface area contributed by atoms with Crippen LogP contribution in [0.3, 0.4) is 0 Å². The highest BCUT2D eigenvalue weighted by Crippen LogP contribution is 2.20. The van der Waals surface area contributed by atoms with Crippen molar-refractivity contribution in [1.29, 1.82) is 0 Å². The molecule has 0 N–H and O–H groups in total. The average molecular weight is 373 g/mol. The highest BCUT2D eigenvalue weighted by atomic mass is 32.2. The first-order valence-electron chi connectivity index (χ1n) is 8.63. The Morgan fingerprint density at radius 1 is 1.19 bits per heavy atom. The molecule has 1 unspecified atom stereocenters. The number of piperidine rings is 1. The van der Waals surface area contributed by atoms with E-state index in [-0.39, 0.29) is 6.10 Å². The summed E-state index contributed by atoms with van der Waals surface area (Å²) in [6.07, 6.45) is 4.62. The standard InChI is InChI=1S/C19H23N3O3S/c1-15-5-7-17(8-6-15)10-13-26(23,24)22-12-3-4-18(14-22)25-19-9-11-20-16(2)21-19/h5-11,13,18H,3-4,12,14H2,1-2H3/b13-10+. The van der Waals surface area contributed by atoms with Gasteiger partial charge in [0.15, 0.2) is 0 Å². The molecule has 0 saturated carbocycles. The summed E-state index contributed by atoms with van der Waals surface area (Å²) < 4.78 is 32.6. The zero-order chi connectivity index (χ0) is 18.6. The number of sulfonamides is 1. The van der Waals surface area contributed by atoms with E-state index in [2.05, 4.69) is 9.97 Å². The fraction of sp³-hybridized carbons (Fsp3) is 0.368. The lowest BCUT2D eigenvalue weighted by Gasteiger charge is -2.31. The topological polar surface area (TPSA) is 72.4 Å². The Balaban J connectivity index is 1.66. The van der Waals surface area contributed by atoms with Crippen LogP contribution in [0.2, 0.25) is 0 Å². The minimum absolute atomic E-state index is 0.208. The van der Waals surface area contributed by atoms with E-state index in [1.807, 2.05) is 31.2 Å². The average Bonchev–Trinajstić information content (AvgIpc) is 2.62. The lowest BCUT2D eigenvalue weighted by atomic mass is 10.1. The van der Waals surface area contributed by atoms with Crippen LogP contribution < -0.4 is 4.74 Å². The van der Waals surface area contributed by atoms with Gasteiger partial charge in [-0.2, -0.15) is 9.29 Å². The second-order valence-electron chi connectivity index (χ2n) is 6.44. The molecule has 0 radical (unpaired) electrons. The minimum Gasteiger partial charge on any atom is -0.473 e. The summed E-state index contributed by atoms with van der Waals surface area (Å²) in [5.41, 5.74) is 2.00. The molecule has 1 aromatic heterocycles. The van der Waals surface area contributed by atoms with Crippen LogP contribution in [0.5, 0.6) is 5.88 Å². The summed E-state index contributed by atoms with van der Waals surface area (Å²) >= 11 is 0. The predicted octanol–water partition coefficient (Wildman–Crippen LogP) is 2.94. The Morgan fingerprint density at radius 3 is 2.69 bits per heavy atom. The maximum Gasteiger partial charge on any atom is 0.236 e. The molecule has 1 atom stereocenters. The van der Waals surface area contributed by atoms with Gasteiger partial charge in [0, 0.05) is 24.2 Å². The minimum atomic E-state index is -3.48. The highest BCUT2D eigenvalue weighted by Gasteiger charge is 2.28. The van der Waals surface area contributed by atoms with Crippen LogP contribution in [0.25, 0.3) is 6.08 Å². The molecule has 26 heavy (non-hydrogen) atoms. The summed E-state index contributed by atoms with van der Waals surface area (Å²) in [6, 6.07) is 9.42. The Morgan fingerprint density at radius 2 is 1.96 bits per heavy atom. The number of benzene rings is 1. The number of aromatic nitrogens is 2. The quantitative estimate of drug-likeness (QED) is 0.806. The van der Waals surface area contributed by atoms with Gasteiger partial charge in [-0.1, -0.05) is 29.8 Å². The molecule has 1 aliphatic rings. The van der Waals surface area contributed by atoms with Gasteiger partial charge in [-0.25, -0.2) is 13.4 Å². The maximum atomic E-state index is 12.6. The van der Waals surface area contributed by atoms with Crippen LogP contribution >= 0.6 is 0 Å². The Kier molecular flexibility index (Phi) is 5.68. The van der Waals surface area contributed by atoms with E-state index in [9.17, 15) is 8.42 Å². The summed E-state index contributed by atoms with van der Waals surface area (Å²) in [4.78, 5) is 8.26. The number of hydrogen-bond donors (Lipinski definition) is 0. The largest absolute Gasteiger partial charge is 0.473 e. The molecule has 0 bridgehead atoms. The van der Waals surface area contributed by atoms with Crippen molar-refractivity contribution in [2.24, 2.45) is 0 Å². The molecule has 2 heterocycles. The van der Waals surface area contributed by atoms with E-state index in [1.54, 1.807) is 25.3 Å². The van der Waals surface area contributed by atoms with Gasteiger partial charge < -0.3 is 4.74 Å². The molecule has 1 aliphatic heterocycles. The van der Waals surface area contributed by atoms with Crippen molar-refractivity contribution < 1.29 is 13.2 Å². The molecule has 138 valence electrons. The lowest BCUT2D eigenvalue weighted by Crippen LogP contribution is -2.43. The first-order chi connectivity index (χ1) is 12.4. The maximum absolute atomic E-state index is 12.6. The zero-order valence-electron chi connectivity index (χ0n) is 15.0. The highest BCUT2D eigenvalue weighted by molar-refractivity contribution is 7.92. The van der Waals surface area contributed by atoms with Gasteiger partial charge in [0.1, 0.15) is 11.9 Å². The normalized spacial score (nSPS) is 18.9. The van der Waals surface area contributed by atoms with Crippen LogP contribution in [-0.4, -0.2) is 41.9 Å². The Labute approximate surface area is 154 Å². The number of hydrogen-bond acceptors (Lipinski definition) is 5. The zero-order valence-corrected chi connectivity index (χ0v) is 15.8. The van der Waals surface area contributed by atoms with Crippen LogP contribution in [0, 0.1) is 13.8 Å². The van der Waals surface area contributed by atoms with Crippen LogP contribution in [0.4, 0.5) is 0 Å². The van der Waals surface area contributed by atoms with Gasteiger partial charge in [-0.3, -0.25) is 0 Å². The molecule has 0 spiro atoms. The number of nitrogens with zero attached hydrogens (tertiary/aromatic N) is 3. The Hall–Kier alpha value is -2.25. The number of aryl methyl sites for hydroxylation is 2. The van der Waals surface area contributed by atoms with Gasteiger partial charge in [0.2, 0.25) is 15.9 Å². The molecule has 0 amide bonds. The monoisotopic (exact) mass is 373 g/mol. The third-order valence-corrected chi connectivity index (χ3v) is 5.78. The molecule has 2 aromatic rings. The van der Waals surface area contributed by atoms with E-state index in [4.69, 9.17) is 4.74 Å². The van der Waals surface area contributed by atoms with Crippen molar-refractivity contribution in [3.8, 4) is 5.88 Å². The third kappa shape index (κ3) is 4.89. The number of rotatable bonds is 5. The number of ether oxygens (including phenoxy) is 1. The van der Waals surface area contributed by atoms with Crippen molar-refractivity contribution in [1.82, 2.24) is 14.3 Å². The van der Waals surface area contributed by atoms with Crippen molar-refractivity contribution in [2.45, 2.75) is 32.8 Å². The molecule has 7 heteroatoms. The third-order valence-electron chi connectivity index (χ3n) is 4.25. The van der Waals surface area contributed by atoms with Crippen molar-refractivity contribution in [2.75, 3.05) is 13.1 Å². The first-order valence-corrected chi connectivity index (χ1v) is 10.1. The van der Waals surface area contributed by atoms with Gasteiger partial charge in [-0.05, 0) is 38.3 Å². The smallest absolute Gasteiger partial charge is 0.236 e. The Bertz CT molecular complexity index is 879. The van der Waals surface area contributed by atoms with Gasteiger partial charge in [0.05, 0.1) is 6.54 Å². The fourth-order valence-corrected chi connectivity index (χ4v) is 4.09. The van der Waals surface area contributed by atoms with E-state index in [1.165, 1.54) is 9.71 Å². The molecular weight excluding hydrogens is 350 g/mol. The van der Waals surface area contributed by atoms with E-state index < -0.39 is 10.0 Å². The molecule has 1 fully saturated rings. The molecule has 0 aliphatic carbocycles. The van der Waals surface area contributed by atoms with E-state index in [0.717, 1.165) is 24.0 Å². The second-order valence-corrected chi connectivity index (χ2v) is 8.26. The molecule has 3 rings (SSSR count). The fourth-order valence-electron chi connectivity index (χ4n) is 2.83. The van der Waals surface area contributed by atoms with Crippen molar-refractivity contribution >= 4 is 16.1 Å². The molecule has 1 saturated heterocycles. The SMILES string of the molecule is Cc1ccc(/C=C/S(=O)(=O)N2CCCC(Oc3ccnc(C)n3)C2)cc1. The lowest BCUT2D eigenvalue weighted by molar-refractivity contribution is 0.125. The molecular formula is C19H23N3O3S. The van der Waals surface area contributed by atoms with Gasteiger partial charge in [0.25, 0.3) is 0 Å². The molecule has 1 aromatic carbocycles. The predicted molar refractivity (Wildman–Crippen MR) is 101 cm³/mol. The second kappa shape index (κ2) is 7.97. The summed E-state index contributed by atoms with van der Waals surface area (Å²) in [5.74, 6) is 1.11. The van der Waals surface area contributed by atoms with Crippen molar-refractivity contribution in [3.05, 3.63) is 58.9 Å². The van der Waals surface area contributed by atoms with Crippen LogP contribution in [0.15, 0.2) is 41.9 Å². The van der Waals surface area contributed by atoms with Crippen LogP contribution in [0.1, 0.15) is 29.8 Å². The van der Waals surface area contributed by atoms with E-state index in [0.29, 0.717) is 24.8 Å². The summed E-state index contributed by atoms with van der Waals surface area (Å²) in [6.45, 7) is 4.62. The van der Waals surface area contributed by atoms with Gasteiger partial charge >= 0.3 is 0 Å². The van der Waals surface area contributed by atoms with Crippen LogP contribution in [-0.2, 0) is 10.0 Å². The summed E-state index contributed by atoms with van der Waals surface area (Å²) in [5, 5.41) is 1.27. The van der Waals surface area contributed by atoms with Gasteiger partial charge in [-0.15, -0.1) is 0 Å².